The summed E-state index contributed by atoms with van der Waals surface area (Å²) in [5.41, 5.74) is 2.74. The molecule has 1 atom stereocenters. The molecule has 0 fully saturated rings. The van der Waals surface area contributed by atoms with E-state index in [0.717, 1.165) is 16.7 Å². The van der Waals surface area contributed by atoms with Crippen molar-refractivity contribution in [1.82, 2.24) is 0 Å². The van der Waals surface area contributed by atoms with E-state index in [2.05, 4.69) is 4.74 Å². The number of rotatable bonds is 5. The smallest absolute Gasteiger partial charge is 0.388 e. The summed E-state index contributed by atoms with van der Waals surface area (Å²) in [5.74, 6) is 0. The van der Waals surface area contributed by atoms with Gasteiger partial charge in [-0.25, -0.2) is 0 Å². The van der Waals surface area contributed by atoms with Gasteiger partial charge in [0.2, 0.25) is 0 Å². The van der Waals surface area contributed by atoms with Crippen molar-refractivity contribution in [2.24, 2.45) is 0 Å². The highest BCUT2D eigenvalue weighted by molar-refractivity contribution is 5.31. The molecule has 1 aromatic carbocycles. The zero-order chi connectivity index (χ0) is 13.8. The van der Waals surface area contributed by atoms with Crippen LogP contribution in [-0.2, 0) is 4.74 Å². The summed E-state index contributed by atoms with van der Waals surface area (Å²) in [6.45, 7) is 2.42. The highest BCUT2D eigenvalue weighted by atomic mass is 19.4. The van der Waals surface area contributed by atoms with Crippen molar-refractivity contribution in [3.05, 3.63) is 34.9 Å². The Balaban J connectivity index is 2.43. The minimum absolute atomic E-state index is 0.117. The molecule has 0 saturated heterocycles. The second-order valence-electron chi connectivity index (χ2n) is 4.33. The molecule has 18 heavy (non-hydrogen) atoms. The maximum Gasteiger partial charge on any atom is 0.411 e. The lowest BCUT2D eigenvalue weighted by Crippen LogP contribution is -2.18. The molecule has 0 aromatic heterocycles. The van der Waals surface area contributed by atoms with Gasteiger partial charge in [-0.2, -0.15) is 13.2 Å². The molecule has 5 heteroatoms. The van der Waals surface area contributed by atoms with Crippen LogP contribution < -0.4 is 0 Å². The van der Waals surface area contributed by atoms with Crippen LogP contribution in [0.2, 0.25) is 0 Å². The van der Waals surface area contributed by atoms with Crippen LogP contribution in [0.15, 0.2) is 18.2 Å². The van der Waals surface area contributed by atoms with Gasteiger partial charge < -0.3 is 9.84 Å². The molecule has 0 bridgehead atoms. The number of hydrogen-bond donors (Lipinski definition) is 1. The number of hydrogen-bond acceptors (Lipinski definition) is 2. The lowest BCUT2D eigenvalue weighted by atomic mass is 9.99. The van der Waals surface area contributed by atoms with Crippen molar-refractivity contribution >= 4 is 0 Å². The third-order valence-corrected chi connectivity index (χ3v) is 2.59. The average Bonchev–Trinajstić information content (AvgIpc) is 2.22. The molecule has 1 unspecified atom stereocenters. The first-order valence-corrected chi connectivity index (χ1v) is 5.69. The maximum atomic E-state index is 11.8. The average molecular weight is 262 g/mol. The molecule has 0 amide bonds. The van der Waals surface area contributed by atoms with Crippen LogP contribution >= 0.6 is 0 Å². The van der Waals surface area contributed by atoms with E-state index < -0.39 is 18.9 Å². The molecule has 0 saturated carbocycles. The normalized spacial score (nSPS) is 13.7. The van der Waals surface area contributed by atoms with E-state index in [1.165, 1.54) is 0 Å². The first-order chi connectivity index (χ1) is 8.29. The zero-order valence-electron chi connectivity index (χ0n) is 10.4. The molecule has 0 aliphatic rings. The van der Waals surface area contributed by atoms with E-state index in [1.54, 1.807) is 6.07 Å². The molecule has 0 aliphatic heterocycles. The molecule has 1 N–H and O–H groups in total. The molecule has 0 spiro atoms. The third kappa shape index (κ3) is 5.06. The molecule has 102 valence electrons. The van der Waals surface area contributed by atoms with Crippen molar-refractivity contribution in [1.29, 1.82) is 0 Å². The predicted molar refractivity (Wildman–Crippen MR) is 62.4 cm³/mol. The summed E-state index contributed by atoms with van der Waals surface area (Å²) in [6.07, 6.45) is -4.95. The topological polar surface area (TPSA) is 29.5 Å². The fourth-order valence-corrected chi connectivity index (χ4v) is 1.74. The Morgan fingerprint density at radius 1 is 1.28 bits per heavy atom. The fraction of sp³-hybridized carbons (Fsp3) is 0.538. The van der Waals surface area contributed by atoms with Crippen molar-refractivity contribution < 1.29 is 23.0 Å². The lowest BCUT2D eigenvalue weighted by Gasteiger charge is -2.15. The number of halogens is 3. The van der Waals surface area contributed by atoms with Gasteiger partial charge in [0.1, 0.15) is 6.61 Å². The first kappa shape index (κ1) is 15.0. The molecule has 2 nitrogen and oxygen atoms in total. The highest BCUT2D eigenvalue weighted by Gasteiger charge is 2.27. The largest absolute Gasteiger partial charge is 0.411 e. The Morgan fingerprint density at radius 2 is 1.94 bits per heavy atom. The van der Waals surface area contributed by atoms with E-state index >= 15 is 0 Å². The van der Waals surface area contributed by atoms with Crippen molar-refractivity contribution in [2.45, 2.75) is 32.5 Å². The van der Waals surface area contributed by atoms with E-state index in [9.17, 15) is 18.3 Å². The van der Waals surface area contributed by atoms with Crippen LogP contribution in [0.4, 0.5) is 13.2 Å². The van der Waals surface area contributed by atoms with Gasteiger partial charge in [-0.15, -0.1) is 0 Å². The fourth-order valence-electron chi connectivity index (χ4n) is 1.74. The molecule has 0 radical (unpaired) electrons. The number of alkyl halides is 3. The van der Waals surface area contributed by atoms with Gasteiger partial charge in [0, 0.05) is 13.0 Å². The Bertz CT molecular complexity index is 388. The molecule has 1 aromatic rings. The predicted octanol–water partition coefficient (Wildman–Crippen LogP) is 3.31. The van der Waals surface area contributed by atoms with Crippen LogP contribution in [0.5, 0.6) is 0 Å². The standard InChI is InChI=1S/C13H17F3O2/c1-9-3-4-11(10(2)7-9)12(17)5-6-18-8-13(14,15)16/h3-4,7,12,17H,5-6,8H2,1-2H3. The summed E-state index contributed by atoms with van der Waals surface area (Å²) >= 11 is 0. The molecule has 0 heterocycles. The van der Waals surface area contributed by atoms with Crippen LogP contribution in [0, 0.1) is 13.8 Å². The van der Waals surface area contributed by atoms with Crippen molar-refractivity contribution in [2.75, 3.05) is 13.2 Å². The summed E-state index contributed by atoms with van der Waals surface area (Å²) in [4.78, 5) is 0. The highest BCUT2D eigenvalue weighted by Crippen LogP contribution is 2.22. The number of benzene rings is 1. The SMILES string of the molecule is Cc1ccc(C(O)CCOCC(F)(F)F)c(C)c1. The summed E-state index contributed by atoms with van der Waals surface area (Å²) in [6, 6.07) is 5.58. The Morgan fingerprint density at radius 3 is 2.50 bits per heavy atom. The minimum atomic E-state index is -4.31. The summed E-state index contributed by atoms with van der Waals surface area (Å²) in [7, 11) is 0. The lowest BCUT2D eigenvalue weighted by molar-refractivity contribution is -0.175. The molecule has 0 aliphatic carbocycles. The number of aliphatic hydroxyl groups excluding tert-OH is 1. The van der Waals surface area contributed by atoms with Crippen molar-refractivity contribution in [3.8, 4) is 0 Å². The summed E-state index contributed by atoms with van der Waals surface area (Å²) < 4.78 is 39.9. The number of aliphatic hydroxyl groups is 1. The van der Waals surface area contributed by atoms with E-state index in [4.69, 9.17) is 0 Å². The van der Waals surface area contributed by atoms with Crippen LogP contribution in [0.3, 0.4) is 0 Å². The number of ether oxygens (including phenoxy) is 1. The van der Waals surface area contributed by atoms with Gasteiger partial charge in [0.05, 0.1) is 6.10 Å². The van der Waals surface area contributed by atoms with Gasteiger partial charge in [-0.1, -0.05) is 23.8 Å². The van der Waals surface area contributed by atoms with Crippen LogP contribution in [0.1, 0.15) is 29.2 Å². The Kier molecular flexibility index (Phi) is 5.16. The van der Waals surface area contributed by atoms with Gasteiger partial charge >= 0.3 is 6.18 Å². The van der Waals surface area contributed by atoms with Crippen molar-refractivity contribution in [3.63, 3.8) is 0 Å². The third-order valence-electron chi connectivity index (χ3n) is 2.59. The van der Waals surface area contributed by atoms with Crippen LogP contribution in [-0.4, -0.2) is 24.5 Å². The quantitative estimate of drug-likeness (QED) is 0.825. The second-order valence-corrected chi connectivity index (χ2v) is 4.33. The Hall–Kier alpha value is -1.07. The number of aryl methyl sites for hydroxylation is 2. The van der Waals surface area contributed by atoms with E-state index in [0.29, 0.717) is 0 Å². The molecular weight excluding hydrogens is 245 g/mol. The monoisotopic (exact) mass is 262 g/mol. The van der Waals surface area contributed by atoms with Crippen LogP contribution in [0.25, 0.3) is 0 Å². The van der Waals surface area contributed by atoms with Gasteiger partial charge in [0.15, 0.2) is 0 Å². The van der Waals surface area contributed by atoms with Gasteiger partial charge in [-0.3, -0.25) is 0 Å². The Labute approximate surface area is 104 Å². The first-order valence-electron chi connectivity index (χ1n) is 5.69. The van der Waals surface area contributed by atoms with Gasteiger partial charge in [0.25, 0.3) is 0 Å². The summed E-state index contributed by atoms with van der Waals surface area (Å²) in [5, 5.41) is 9.86. The van der Waals surface area contributed by atoms with E-state index in [-0.39, 0.29) is 13.0 Å². The zero-order valence-corrected chi connectivity index (χ0v) is 10.4. The van der Waals surface area contributed by atoms with Gasteiger partial charge in [-0.05, 0) is 25.0 Å². The second kappa shape index (κ2) is 6.20. The maximum absolute atomic E-state index is 11.8. The van der Waals surface area contributed by atoms with E-state index in [1.807, 2.05) is 26.0 Å². The molecular formula is C13H17F3O2. The minimum Gasteiger partial charge on any atom is -0.388 e. The molecule has 1 rings (SSSR count).